The van der Waals surface area contributed by atoms with Crippen molar-refractivity contribution in [2.45, 2.75) is 6.54 Å². The van der Waals surface area contributed by atoms with Gasteiger partial charge in [-0.3, -0.25) is 9.69 Å². The summed E-state index contributed by atoms with van der Waals surface area (Å²) >= 11 is 5.75. The average molecular weight is 467 g/mol. The Balaban J connectivity index is 1.38. The fourth-order valence-corrected chi connectivity index (χ4v) is 4.30. The Morgan fingerprint density at radius 2 is 1.85 bits per heavy atom. The molecule has 172 valence electrons. The van der Waals surface area contributed by atoms with E-state index >= 15 is 0 Å². The van der Waals surface area contributed by atoms with E-state index < -0.39 is 0 Å². The summed E-state index contributed by atoms with van der Waals surface area (Å²) < 4.78 is 16.4. The molecule has 0 aliphatic carbocycles. The number of aromatic amines is 1. The Bertz CT molecular complexity index is 1190. The van der Waals surface area contributed by atoms with Crippen LogP contribution in [0.15, 0.2) is 53.3 Å². The first kappa shape index (κ1) is 21.7. The predicted molar refractivity (Wildman–Crippen MR) is 131 cm³/mol. The van der Waals surface area contributed by atoms with Crippen molar-refractivity contribution in [3.63, 3.8) is 0 Å². The van der Waals surface area contributed by atoms with E-state index in [1.807, 2.05) is 47.4 Å². The van der Waals surface area contributed by atoms with Crippen molar-refractivity contribution in [1.29, 1.82) is 0 Å². The number of thiocarbonyl (C=S) groups is 1. The number of morpholine rings is 1. The third-order valence-electron chi connectivity index (χ3n) is 5.88. The molecule has 2 aliphatic heterocycles. The van der Waals surface area contributed by atoms with Gasteiger partial charge in [-0.1, -0.05) is 18.2 Å². The maximum absolute atomic E-state index is 12.9. The fraction of sp³-hybridized carbons (Fsp3) is 0.333. The number of rotatable bonds is 6. The summed E-state index contributed by atoms with van der Waals surface area (Å²) in [6, 6.07) is 15.4. The smallest absolute Gasteiger partial charge is 0.253 e. The van der Waals surface area contributed by atoms with Crippen molar-refractivity contribution in [3.8, 4) is 11.5 Å². The number of hydrogen-bond acceptors (Lipinski definition) is 6. The zero-order chi connectivity index (χ0) is 22.6. The van der Waals surface area contributed by atoms with E-state index in [4.69, 9.17) is 26.4 Å². The van der Waals surface area contributed by atoms with E-state index in [0.717, 1.165) is 49.4 Å². The topological polar surface area (TPSA) is 79.1 Å². The highest BCUT2D eigenvalue weighted by Gasteiger charge is 2.19. The van der Waals surface area contributed by atoms with Crippen molar-refractivity contribution in [3.05, 3.63) is 64.4 Å². The van der Waals surface area contributed by atoms with Gasteiger partial charge in [0.2, 0.25) is 6.79 Å². The van der Waals surface area contributed by atoms with Crippen LogP contribution in [0.5, 0.6) is 11.5 Å². The lowest BCUT2D eigenvalue weighted by Gasteiger charge is -2.31. The van der Waals surface area contributed by atoms with Crippen molar-refractivity contribution >= 4 is 33.9 Å². The van der Waals surface area contributed by atoms with E-state index in [-0.39, 0.29) is 12.4 Å². The lowest BCUT2D eigenvalue weighted by molar-refractivity contribution is 0.0358. The molecule has 0 bridgehead atoms. The monoisotopic (exact) mass is 466 g/mol. The zero-order valence-corrected chi connectivity index (χ0v) is 19.0. The highest BCUT2D eigenvalue weighted by Crippen LogP contribution is 2.35. The summed E-state index contributed by atoms with van der Waals surface area (Å²) in [4.78, 5) is 20.3. The second-order valence-electron chi connectivity index (χ2n) is 8.09. The molecule has 8 nitrogen and oxygen atoms in total. The first-order valence-corrected chi connectivity index (χ1v) is 11.4. The molecule has 3 heterocycles. The maximum Gasteiger partial charge on any atom is 0.253 e. The summed E-state index contributed by atoms with van der Waals surface area (Å²) in [5.74, 6) is 1.33. The van der Waals surface area contributed by atoms with Gasteiger partial charge in [-0.05, 0) is 36.5 Å². The van der Waals surface area contributed by atoms with Crippen LogP contribution in [0.1, 0.15) is 5.56 Å². The van der Waals surface area contributed by atoms with Crippen molar-refractivity contribution < 1.29 is 14.2 Å². The van der Waals surface area contributed by atoms with Gasteiger partial charge in [0.05, 0.1) is 25.3 Å². The first-order valence-electron chi connectivity index (χ1n) is 11.0. The van der Waals surface area contributed by atoms with E-state index in [1.165, 1.54) is 0 Å². The van der Waals surface area contributed by atoms with E-state index in [1.54, 1.807) is 6.07 Å². The van der Waals surface area contributed by atoms with Crippen molar-refractivity contribution in [1.82, 2.24) is 14.8 Å². The van der Waals surface area contributed by atoms with Gasteiger partial charge >= 0.3 is 0 Å². The molecule has 0 unspecified atom stereocenters. The zero-order valence-electron chi connectivity index (χ0n) is 18.2. The van der Waals surface area contributed by atoms with Crippen LogP contribution in [0.4, 0.5) is 5.69 Å². The van der Waals surface area contributed by atoms with Gasteiger partial charge < -0.3 is 29.4 Å². The minimum Gasteiger partial charge on any atom is -0.454 e. The summed E-state index contributed by atoms with van der Waals surface area (Å²) in [5.41, 5.74) is 2.14. The number of para-hydroxylation sites is 1. The average Bonchev–Trinajstić information content (AvgIpc) is 3.29. The van der Waals surface area contributed by atoms with Gasteiger partial charge in [-0.2, -0.15) is 0 Å². The van der Waals surface area contributed by atoms with E-state index in [9.17, 15) is 4.79 Å². The molecule has 0 amide bonds. The summed E-state index contributed by atoms with van der Waals surface area (Å²) in [6.45, 7) is 5.40. The molecule has 5 rings (SSSR count). The molecule has 9 heteroatoms. The molecule has 3 aromatic rings. The second kappa shape index (κ2) is 9.78. The van der Waals surface area contributed by atoms with Crippen LogP contribution >= 0.6 is 12.2 Å². The highest BCUT2D eigenvalue weighted by molar-refractivity contribution is 7.80. The Labute approximate surface area is 197 Å². The molecule has 0 saturated carbocycles. The van der Waals surface area contributed by atoms with Crippen LogP contribution in [-0.2, 0) is 11.3 Å². The minimum absolute atomic E-state index is 0.139. The number of H-pyrrole nitrogens is 1. The number of hydrogen-bond donors (Lipinski definition) is 2. The molecule has 0 spiro atoms. The number of nitrogens with one attached hydrogen (secondary N) is 2. The van der Waals surface area contributed by atoms with Gasteiger partial charge in [0.15, 0.2) is 16.6 Å². The van der Waals surface area contributed by atoms with Crippen LogP contribution in [0, 0.1) is 0 Å². The SMILES string of the molecule is O=c1[nH]c2cc3c(cc2cc1CN(CCN1CCOCC1)C(=S)Nc1ccccc1)OCO3. The van der Waals surface area contributed by atoms with E-state index in [2.05, 4.69) is 15.2 Å². The normalized spacial score (nSPS) is 15.5. The summed E-state index contributed by atoms with van der Waals surface area (Å²) in [5, 5.41) is 4.78. The molecule has 0 radical (unpaired) electrons. The quantitative estimate of drug-likeness (QED) is 0.537. The van der Waals surface area contributed by atoms with E-state index in [0.29, 0.717) is 35.3 Å². The van der Waals surface area contributed by atoms with Crippen molar-refractivity contribution in [2.24, 2.45) is 0 Å². The van der Waals surface area contributed by atoms with Crippen LogP contribution < -0.4 is 20.3 Å². The maximum atomic E-state index is 12.9. The minimum atomic E-state index is -0.139. The molecular formula is C24H26N4O4S. The highest BCUT2D eigenvalue weighted by atomic mass is 32.1. The lowest BCUT2D eigenvalue weighted by Crippen LogP contribution is -2.44. The number of fused-ring (bicyclic) bond motifs is 2. The Kier molecular flexibility index (Phi) is 6.43. The van der Waals surface area contributed by atoms with Crippen LogP contribution in [0.2, 0.25) is 0 Å². The molecular weight excluding hydrogens is 440 g/mol. The lowest BCUT2D eigenvalue weighted by atomic mass is 10.1. The second-order valence-corrected chi connectivity index (χ2v) is 8.47. The van der Waals surface area contributed by atoms with Gasteiger partial charge in [0, 0.05) is 48.9 Å². The van der Waals surface area contributed by atoms with Gasteiger partial charge in [-0.15, -0.1) is 0 Å². The third kappa shape index (κ3) is 5.11. The van der Waals surface area contributed by atoms with Crippen molar-refractivity contribution in [2.75, 3.05) is 51.5 Å². The Morgan fingerprint density at radius 1 is 1.09 bits per heavy atom. The largest absolute Gasteiger partial charge is 0.454 e. The van der Waals surface area contributed by atoms with Gasteiger partial charge in [-0.25, -0.2) is 0 Å². The number of ether oxygens (including phenoxy) is 3. The van der Waals surface area contributed by atoms with Gasteiger partial charge in [0.25, 0.3) is 5.56 Å². The van der Waals surface area contributed by atoms with Crippen LogP contribution in [0.25, 0.3) is 10.9 Å². The Hall–Kier alpha value is -3.14. The molecule has 2 N–H and O–H groups in total. The molecule has 33 heavy (non-hydrogen) atoms. The molecule has 1 saturated heterocycles. The summed E-state index contributed by atoms with van der Waals surface area (Å²) in [7, 11) is 0. The predicted octanol–water partition coefficient (Wildman–Crippen LogP) is 2.79. The van der Waals surface area contributed by atoms with Gasteiger partial charge in [0.1, 0.15) is 0 Å². The standard InChI is InChI=1S/C24H26N4O4S/c29-23-18(12-17-13-21-22(32-16-31-21)14-20(17)26-23)15-28(7-6-27-8-10-30-11-9-27)24(33)25-19-4-2-1-3-5-19/h1-5,12-14H,6-11,15-16H2,(H,25,33)(H,26,29). The number of benzene rings is 2. The number of pyridine rings is 1. The van der Waals surface area contributed by atoms with Crippen LogP contribution in [-0.4, -0.2) is 66.1 Å². The van der Waals surface area contributed by atoms with Crippen LogP contribution in [0.3, 0.4) is 0 Å². The third-order valence-corrected chi connectivity index (χ3v) is 6.24. The number of nitrogens with zero attached hydrogens (tertiary/aromatic N) is 2. The Morgan fingerprint density at radius 3 is 2.64 bits per heavy atom. The first-order chi connectivity index (χ1) is 16.2. The summed E-state index contributed by atoms with van der Waals surface area (Å²) in [6.07, 6.45) is 0. The molecule has 2 aromatic carbocycles. The number of aromatic nitrogens is 1. The number of anilines is 1. The molecule has 0 atom stereocenters. The fourth-order valence-electron chi connectivity index (χ4n) is 4.03. The molecule has 1 fully saturated rings. The molecule has 1 aromatic heterocycles. The molecule has 2 aliphatic rings.